The van der Waals surface area contributed by atoms with E-state index in [1.807, 2.05) is 92.8 Å². The average molecular weight is 451 g/mol. The highest BCUT2D eigenvalue weighted by atomic mass is 16.5. The molecule has 170 valence electrons. The maximum atomic E-state index is 13.0. The number of aryl methyl sites for hydroxylation is 1. The number of carbonyl (C=O) groups is 1. The number of ether oxygens (including phenoxy) is 1. The summed E-state index contributed by atoms with van der Waals surface area (Å²) in [4.78, 5) is 19.9. The molecule has 0 aliphatic heterocycles. The van der Waals surface area contributed by atoms with Gasteiger partial charge in [-0.05, 0) is 60.7 Å². The fraction of sp³-hybridized carbons (Fsp3) is 0.143. The molecule has 0 aliphatic carbocycles. The molecule has 5 aromatic rings. The minimum absolute atomic E-state index is 0.196. The lowest BCUT2D eigenvalue weighted by atomic mass is 10.1. The number of nitrogens with zero attached hydrogens (tertiary/aromatic N) is 3. The van der Waals surface area contributed by atoms with Gasteiger partial charge < -0.3 is 19.5 Å². The molecule has 0 saturated carbocycles. The van der Waals surface area contributed by atoms with Gasteiger partial charge in [-0.3, -0.25) is 4.79 Å². The van der Waals surface area contributed by atoms with Crippen LogP contribution in [0.1, 0.15) is 10.4 Å². The molecule has 34 heavy (non-hydrogen) atoms. The Morgan fingerprint density at radius 3 is 2.32 bits per heavy atom. The van der Waals surface area contributed by atoms with E-state index in [1.54, 1.807) is 7.11 Å². The Balaban J connectivity index is 1.63. The first-order chi connectivity index (χ1) is 16.5. The number of para-hydroxylation sites is 1. The Bertz CT molecular complexity index is 1500. The first-order valence-corrected chi connectivity index (χ1v) is 11.1. The summed E-state index contributed by atoms with van der Waals surface area (Å²) in [5, 5.41) is 5.16. The molecule has 0 saturated heterocycles. The van der Waals surface area contributed by atoms with Gasteiger partial charge in [0.1, 0.15) is 11.6 Å². The van der Waals surface area contributed by atoms with Crippen LogP contribution in [0, 0.1) is 0 Å². The lowest BCUT2D eigenvalue weighted by molar-refractivity contribution is 0.102. The molecule has 0 radical (unpaired) electrons. The smallest absolute Gasteiger partial charge is 0.256 e. The van der Waals surface area contributed by atoms with E-state index < -0.39 is 0 Å². The number of hydrogen-bond acceptors (Lipinski definition) is 4. The third kappa shape index (κ3) is 3.73. The fourth-order valence-electron chi connectivity index (χ4n) is 4.31. The van der Waals surface area contributed by atoms with Gasteiger partial charge in [-0.15, -0.1) is 0 Å². The minimum atomic E-state index is -0.196. The van der Waals surface area contributed by atoms with E-state index in [0.29, 0.717) is 11.4 Å². The second-order valence-corrected chi connectivity index (χ2v) is 8.45. The summed E-state index contributed by atoms with van der Waals surface area (Å²) >= 11 is 0. The topological polar surface area (TPSA) is 59.4 Å². The zero-order valence-electron chi connectivity index (χ0n) is 19.7. The number of hydrogen-bond donors (Lipinski definition) is 1. The molecule has 1 N–H and O–H groups in total. The van der Waals surface area contributed by atoms with Crippen LogP contribution in [-0.4, -0.2) is 36.7 Å². The number of fused-ring (bicyclic) bond motifs is 3. The maximum Gasteiger partial charge on any atom is 0.256 e. The van der Waals surface area contributed by atoms with Gasteiger partial charge in [-0.1, -0.05) is 18.2 Å². The van der Waals surface area contributed by atoms with Gasteiger partial charge in [0.05, 0.1) is 18.3 Å². The van der Waals surface area contributed by atoms with E-state index in [9.17, 15) is 4.79 Å². The van der Waals surface area contributed by atoms with Gasteiger partial charge in [0, 0.05) is 54.2 Å². The van der Waals surface area contributed by atoms with Crippen molar-refractivity contribution in [3.05, 3.63) is 84.4 Å². The van der Waals surface area contributed by atoms with E-state index in [2.05, 4.69) is 22.0 Å². The standard InChI is InChI=1S/C28H26N4O2/c1-31(2)20-13-9-19(10-14-20)28(33)30-25-17-23-22-7-5-6-8-24(22)32(3)27(23)26(29-25)18-11-15-21(34-4)16-12-18/h5-17H,1-4H3,(H,29,30,33). The van der Waals surface area contributed by atoms with Crippen LogP contribution < -0.4 is 15.0 Å². The van der Waals surface area contributed by atoms with Gasteiger partial charge in [-0.25, -0.2) is 4.98 Å². The fourth-order valence-corrected chi connectivity index (χ4v) is 4.31. The summed E-state index contributed by atoms with van der Waals surface area (Å²) in [6.07, 6.45) is 0. The third-order valence-electron chi connectivity index (χ3n) is 6.13. The minimum Gasteiger partial charge on any atom is -0.497 e. The number of pyridine rings is 1. The van der Waals surface area contributed by atoms with Gasteiger partial charge in [0.15, 0.2) is 0 Å². The average Bonchev–Trinajstić information content (AvgIpc) is 3.15. The van der Waals surface area contributed by atoms with Crippen LogP contribution in [0.2, 0.25) is 0 Å². The largest absolute Gasteiger partial charge is 0.497 e. The van der Waals surface area contributed by atoms with Crippen molar-refractivity contribution in [1.82, 2.24) is 9.55 Å². The number of rotatable bonds is 5. The van der Waals surface area contributed by atoms with Gasteiger partial charge in [0.2, 0.25) is 0 Å². The molecule has 0 bridgehead atoms. The highest BCUT2D eigenvalue weighted by Gasteiger charge is 2.17. The summed E-state index contributed by atoms with van der Waals surface area (Å²) < 4.78 is 7.48. The van der Waals surface area contributed by atoms with Crippen molar-refractivity contribution >= 4 is 39.2 Å². The van der Waals surface area contributed by atoms with Gasteiger partial charge in [-0.2, -0.15) is 0 Å². The first-order valence-electron chi connectivity index (χ1n) is 11.1. The summed E-state index contributed by atoms with van der Waals surface area (Å²) in [6.45, 7) is 0. The molecule has 5 rings (SSSR count). The van der Waals surface area contributed by atoms with Crippen molar-refractivity contribution in [2.45, 2.75) is 0 Å². The maximum absolute atomic E-state index is 13.0. The molecule has 0 atom stereocenters. The van der Waals surface area contributed by atoms with E-state index >= 15 is 0 Å². The number of anilines is 2. The quantitative estimate of drug-likeness (QED) is 0.372. The monoisotopic (exact) mass is 450 g/mol. The van der Waals surface area contributed by atoms with E-state index in [1.165, 1.54) is 0 Å². The highest BCUT2D eigenvalue weighted by molar-refractivity contribution is 6.14. The summed E-state index contributed by atoms with van der Waals surface area (Å²) in [6, 6.07) is 25.5. The van der Waals surface area contributed by atoms with Crippen LogP contribution in [0.15, 0.2) is 78.9 Å². The van der Waals surface area contributed by atoms with Crippen LogP contribution in [0.4, 0.5) is 11.5 Å². The van der Waals surface area contributed by atoms with E-state index in [-0.39, 0.29) is 5.91 Å². The van der Waals surface area contributed by atoms with Gasteiger partial charge in [0.25, 0.3) is 5.91 Å². The van der Waals surface area contributed by atoms with Crippen molar-refractivity contribution in [3.8, 4) is 17.0 Å². The first kappa shape index (κ1) is 21.5. The van der Waals surface area contributed by atoms with E-state index in [4.69, 9.17) is 9.72 Å². The summed E-state index contributed by atoms with van der Waals surface area (Å²) in [5.41, 5.74) is 5.49. The Hall–Kier alpha value is -4.32. The van der Waals surface area contributed by atoms with Crippen molar-refractivity contribution in [1.29, 1.82) is 0 Å². The molecule has 2 aromatic heterocycles. The molecule has 0 unspecified atom stereocenters. The SMILES string of the molecule is COc1ccc(-c2nc(NC(=O)c3ccc(N(C)C)cc3)cc3c4ccccc4n(C)c23)cc1. The Labute approximate surface area is 198 Å². The second-order valence-electron chi connectivity index (χ2n) is 8.45. The van der Waals surface area contributed by atoms with Crippen molar-refractivity contribution in [3.63, 3.8) is 0 Å². The molecule has 6 nitrogen and oxygen atoms in total. The number of carbonyl (C=O) groups excluding carboxylic acids is 1. The zero-order valence-corrected chi connectivity index (χ0v) is 19.7. The molecule has 0 fully saturated rings. The Morgan fingerprint density at radius 2 is 1.65 bits per heavy atom. The predicted molar refractivity (Wildman–Crippen MR) is 139 cm³/mol. The lowest BCUT2D eigenvalue weighted by Gasteiger charge is -2.13. The molecular weight excluding hydrogens is 424 g/mol. The number of benzene rings is 3. The molecule has 6 heteroatoms. The van der Waals surface area contributed by atoms with Crippen LogP contribution >= 0.6 is 0 Å². The van der Waals surface area contributed by atoms with Crippen molar-refractivity contribution in [2.24, 2.45) is 7.05 Å². The molecule has 1 amide bonds. The number of nitrogens with one attached hydrogen (secondary N) is 1. The van der Waals surface area contributed by atoms with Crippen LogP contribution in [-0.2, 0) is 7.05 Å². The summed E-state index contributed by atoms with van der Waals surface area (Å²) in [7, 11) is 7.64. The van der Waals surface area contributed by atoms with E-state index in [0.717, 1.165) is 44.5 Å². The Kier molecular flexibility index (Phi) is 5.42. The molecule has 2 heterocycles. The Morgan fingerprint density at radius 1 is 0.941 bits per heavy atom. The molecule has 3 aromatic carbocycles. The lowest BCUT2D eigenvalue weighted by Crippen LogP contribution is -2.14. The molecular formula is C28H26N4O2. The van der Waals surface area contributed by atoms with Gasteiger partial charge >= 0.3 is 0 Å². The van der Waals surface area contributed by atoms with Crippen molar-refractivity contribution < 1.29 is 9.53 Å². The van der Waals surface area contributed by atoms with Crippen LogP contribution in [0.3, 0.4) is 0 Å². The molecule has 0 spiro atoms. The number of methoxy groups -OCH3 is 1. The number of aromatic nitrogens is 2. The van der Waals surface area contributed by atoms with Crippen LogP contribution in [0.5, 0.6) is 5.75 Å². The third-order valence-corrected chi connectivity index (χ3v) is 6.13. The zero-order chi connectivity index (χ0) is 23.8. The van der Waals surface area contributed by atoms with Crippen LogP contribution in [0.25, 0.3) is 33.1 Å². The normalized spacial score (nSPS) is 11.1. The predicted octanol–water partition coefficient (Wildman–Crippen LogP) is 5.72. The molecule has 0 aliphatic rings. The van der Waals surface area contributed by atoms with Crippen molar-refractivity contribution in [2.75, 3.05) is 31.4 Å². The summed E-state index contributed by atoms with van der Waals surface area (Å²) in [5.74, 6) is 1.09. The highest BCUT2D eigenvalue weighted by Crippen LogP contribution is 2.36. The number of amides is 1. The second kappa shape index (κ2) is 8.56.